The van der Waals surface area contributed by atoms with E-state index in [1.165, 1.54) is 32.8 Å². The summed E-state index contributed by atoms with van der Waals surface area (Å²) in [5.74, 6) is 1.27. The van der Waals surface area contributed by atoms with Gasteiger partial charge in [0.25, 0.3) is 5.89 Å². The third kappa shape index (κ3) is 9.24. The lowest BCUT2D eigenvalue weighted by Gasteiger charge is -2.23. The molecule has 3 aromatic carbocycles. The van der Waals surface area contributed by atoms with Crippen LogP contribution in [0.2, 0.25) is 0 Å². The van der Waals surface area contributed by atoms with Crippen molar-refractivity contribution in [3.63, 3.8) is 0 Å². The van der Waals surface area contributed by atoms with Gasteiger partial charge in [0.2, 0.25) is 5.82 Å². The molecule has 234 valence electrons. The molecule has 1 unspecified atom stereocenters. The third-order valence-electron chi connectivity index (χ3n) is 7.63. The molecule has 0 amide bonds. The summed E-state index contributed by atoms with van der Waals surface area (Å²) in [5, 5.41) is 18.0. The Hall–Kier alpha value is -4.01. The lowest BCUT2D eigenvalue weighted by Crippen LogP contribution is -2.41. The molecular formula is C36H45N3O5. The molecule has 2 atom stereocenters. The zero-order chi connectivity index (χ0) is 31.5. The predicted molar refractivity (Wildman–Crippen MR) is 172 cm³/mol. The highest BCUT2D eigenvalue weighted by atomic mass is 16.5. The van der Waals surface area contributed by atoms with E-state index in [2.05, 4.69) is 43.2 Å². The Bertz CT molecular complexity index is 1440. The SMILES string of the molecule is CCCCCCCOc1ccc(-c2noc(-c3ccc(C[C@H](NC(O)c4ccc(C(C)(C)C)cc4)C(=O)OC)cc3)n2)cc1. The molecule has 1 heterocycles. The number of nitrogens with one attached hydrogen (secondary N) is 1. The Morgan fingerprint density at radius 3 is 2.20 bits per heavy atom. The van der Waals surface area contributed by atoms with Crippen molar-refractivity contribution in [1.82, 2.24) is 15.5 Å². The molecule has 8 heteroatoms. The standard InChI is InChI=1S/C36H45N3O5/c1-6-7-8-9-10-23-43-30-21-17-26(18-22-30)32-38-34(44-39-32)28-13-11-25(12-14-28)24-31(35(41)42-5)37-33(40)27-15-19-29(20-16-27)36(2,3)4/h11-22,31,33,37,40H,6-10,23-24H2,1-5H3/t31-,33?/m0/s1. The number of hydrogen-bond acceptors (Lipinski definition) is 8. The number of carbonyl (C=O) groups is 1. The van der Waals surface area contributed by atoms with Crippen LogP contribution in [-0.2, 0) is 21.4 Å². The maximum Gasteiger partial charge on any atom is 0.323 e. The Kier molecular flexibility index (Phi) is 11.7. The van der Waals surface area contributed by atoms with Crippen molar-refractivity contribution in [1.29, 1.82) is 0 Å². The van der Waals surface area contributed by atoms with Crippen LogP contribution in [0.4, 0.5) is 0 Å². The number of benzene rings is 3. The van der Waals surface area contributed by atoms with Crippen LogP contribution in [-0.4, -0.2) is 41.0 Å². The summed E-state index contributed by atoms with van der Waals surface area (Å²) in [6.07, 6.45) is 5.32. The Morgan fingerprint density at radius 2 is 1.57 bits per heavy atom. The zero-order valence-corrected chi connectivity index (χ0v) is 26.5. The Labute approximate surface area is 260 Å². The molecule has 0 saturated heterocycles. The number of rotatable bonds is 15. The maximum absolute atomic E-state index is 12.6. The van der Waals surface area contributed by atoms with Gasteiger partial charge in [0.1, 0.15) is 18.0 Å². The van der Waals surface area contributed by atoms with Gasteiger partial charge in [-0.1, -0.05) is 94.9 Å². The molecule has 4 rings (SSSR count). The highest BCUT2D eigenvalue weighted by Gasteiger charge is 2.24. The number of unbranched alkanes of at least 4 members (excludes halogenated alkanes) is 4. The predicted octanol–water partition coefficient (Wildman–Crippen LogP) is 7.42. The number of aromatic nitrogens is 2. The molecule has 2 N–H and O–H groups in total. The second kappa shape index (κ2) is 15.6. The first-order valence-electron chi connectivity index (χ1n) is 15.5. The number of ether oxygens (including phenoxy) is 2. The number of aliphatic hydroxyl groups excluding tert-OH is 1. The second-order valence-corrected chi connectivity index (χ2v) is 12.1. The number of aliphatic hydroxyl groups is 1. The van der Waals surface area contributed by atoms with Crippen molar-refractivity contribution in [3.8, 4) is 28.6 Å². The molecule has 0 aliphatic rings. The number of methoxy groups -OCH3 is 1. The van der Waals surface area contributed by atoms with E-state index in [4.69, 9.17) is 14.0 Å². The summed E-state index contributed by atoms with van der Waals surface area (Å²) >= 11 is 0. The zero-order valence-electron chi connectivity index (χ0n) is 26.5. The van der Waals surface area contributed by atoms with Gasteiger partial charge in [-0.2, -0.15) is 4.98 Å². The average Bonchev–Trinajstić information content (AvgIpc) is 3.53. The largest absolute Gasteiger partial charge is 0.494 e. The fourth-order valence-electron chi connectivity index (χ4n) is 4.88. The van der Waals surface area contributed by atoms with E-state index in [1.54, 1.807) is 0 Å². The van der Waals surface area contributed by atoms with Gasteiger partial charge in [-0.05, 0) is 71.3 Å². The molecule has 0 bridgehead atoms. The number of hydrogen-bond donors (Lipinski definition) is 2. The lowest BCUT2D eigenvalue weighted by atomic mass is 9.86. The van der Waals surface area contributed by atoms with Gasteiger partial charge in [0.05, 0.1) is 13.7 Å². The normalized spacial score (nSPS) is 13.0. The fourth-order valence-corrected chi connectivity index (χ4v) is 4.88. The Balaban J connectivity index is 1.35. The molecule has 0 aliphatic carbocycles. The van der Waals surface area contributed by atoms with Crippen molar-refractivity contribution < 1.29 is 23.9 Å². The molecule has 4 aromatic rings. The molecule has 0 spiro atoms. The van der Waals surface area contributed by atoms with Gasteiger partial charge in [0, 0.05) is 11.1 Å². The van der Waals surface area contributed by atoms with E-state index in [9.17, 15) is 9.90 Å². The molecule has 8 nitrogen and oxygen atoms in total. The van der Waals surface area contributed by atoms with Crippen molar-refractivity contribution in [2.24, 2.45) is 0 Å². The van der Waals surface area contributed by atoms with Gasteiger partial charge in [0.15, 0.2) is 0 Å². The number of carbonyl (C=O) groups excluding carboxylic acids is 1. The van der Waals surface area contributed by atoms with Gasteiger partial charge in [-0.3, -0.25) is 10.1 Å². The van der Waals surface area contributed by atoms with E-state index in [1.807, 2.05) is 72.8 Å². The number of nitrogens with zero attached hydrogens (tertiary/aromatic N) is 2. The minimum absolute atomic E-state index is 0.00808. The number of esters is 1. The topological polar surface area (TPSA) is 107 Å². The highest BCUT2D eigenvalue weighted by Crippen LogP contribution is 2.26. The highest BCUT2D eigenvalue weighted by molar-refractivity contribution is 5.76. The van der Waals surface area contributed by atoms with Crippen molar-refractivity contribution in [3.05, 3.63) is 89.5 Å². The molecular weight excluding hydrogens is 554 g/mol. The summed E-state index contributed by atoms with van der Waals surface area (Å²) in [6, 6.07) is 22.3. The molecule has 1 aromatic heterocycles. The van der Waals surface area contributed by atoms with Gasteiger partial charge < -0.3 is 19.1 Å². The quantitative estimate of drug-likeness (QED) is 0.0826. The monoisotopic (exact) mass is 599 g/mol. The summed E-state index contributed by atoms with van der Waals surface area (Å²) in [5.41, 5.74) is 4.33. The van der Waals surface area contributed by atoms with Crippen LogP contribution in [0.3, 0.4) is 0 Å². The third-order valence-corrected chi connectivity index (χ3v) is 7.63. The first-order chi connectivity index (χ1) is 21.2. The summed E-state index contributed by atoms with van der Waals surface area (Å²) in [6.45, 7) is 9.34. The van der Waals surface area contributed by atoms with E-state index >= 15 is 0 Å². The average molecular weight is 600 g/mol. The molecule has 0 fully saturated rings. The molecule has 0 radical (unpaired) electrons. The van der Waals surface area contributed by atoms with Gasteiger partial charge in [-0.25, -0.2) is 0 Å². The van der Waals surface area contributed by atoms with Crippen LogP contribution in [0.1, 0.15) is 82.7 Å². The van der Waals surface area contributed by atoms with Crippen LogP contribution >= 0.6 is 0 Å². The van der Waals surface area contributed by atoms with Crippen molar-refractivity contribution >= 4 is 5.97 Å². The van der Waals surface area contributed by atoms with Gasteiger partial charge in [-0.15, -0.1) is 0 Å². The Morgan fingerprint density at radius 1 is 0.909 bits per heavy atom. The first-order valence-corrected chi connectivity index (χ1v) is 15.5. The molecule has 0 aliphatic heterocycles. The second-order valence-electron chi connectivity index (χ2n) is 12.1. The minimum atomic E-state index is -1.03. The molecule has 0 saturated carbocycles. The first kappa shape index (κ1) is 32.9. The molecule has 44 heavy (non-hydrogen) atoms. The van der Waals surface area contributed by atoms with Crippen LogP contribution in [0, 0.1) is 0 Å². The minimum Gasteiger partial charge on any atom is -0.494 e. The van der Waals surface area contributed by atoms with Crippen molar-refractivity contribution in [2.45, 2.75) is 83.9 Å². The maximum atomic E-state index is 12.6. The van der Waals surface area contributed by atoms with E-state index in [-0.39, 0.29) is 5.41 Å². The summed E-state index contributed by atoms with van der Waals surface area (Å²) in [4.78, 5) is 17.2. The van der Waals surface area contributed by atoms with Crippen LogP contribution in [0.5, 0.6) is 5.75 Å². The summed E-state index contributed by atoms with van der Waals surface area (Å²) in [7, 11) is 1.34. The van der Waals surface area contributed by atoms with Crippen LogP contribution in [0.15, 0.2) is 77.3 Å². The van der Waals surface area contributed by atoms with E-state index in [0.29, 0.717) is 30.3 Å². The smallest absolute Gasteiger partial charge is 0.323 e. The van der Waals surface area contributed by atoms with Crippen LogP contribution in [0.25, 0.3) is 22.8 Å². The van der Waals surface area contributed by atoms with E-state index < -0.39 is 18.2 Å². The van der Waals surface area contributed by atoms with Gasteiger partial charge >= 0.3 is 5.97 Å². The van der Waals surface area contributed by atoms with Crippen molar-refractivity contribution in [2.75, 3.05) is 13.7 Å². The summed E-state index contributed by atoms with van der Waals surface area (Å²) < 4.78 is 16.4. The lowest BCUT2D eigenvalue weighted by molar-refractivity contribution is -0.144. The van der Waals surface area contributed by atoms with E-state index in [0.717, 1.165) is 34.4 Å². The van der Waals surface area contributed by atoms with Crippen LogP contribution < -0.4 is 10.1 Å². The fraction of sp³-hybridized carbons (Fsp3) is 0.417.